The van der Waals surface area contributed by atoms with Crippen LogP contribution in [-0.2, 0) is 18.3 Å². The van der Waals surface area contributed by atoms with Crippen molar-refractivity contribution < 1.29 is 14.7 Å². The molecule has 1 N–H and O–H groups in total. The number of hydrogen-bond donors (Lipinski definition) is 1. The molecule has 1 aliphatic rings. The van der Waals surface area contributed by atoms with Crippen molar-refractivity contribution >= 4 is 11.9 Å². The number of hydrogen-bond acceptors (Lipinski definition) is 3. The summed E-state index contributed by atoms with van der Waals surface area (Å²) in [5.41, 5.74) is 1.36. The SMILES string of the molecule is CCc1nn(C)cc1C(=O)N1CCC[C@H](C(=O)O)C1. The summed E-state index contributed by atoms with van der Waals surface area (Å²) in [4.78, 5) is 25.1. The molecule has 104 valence electrons. The molecule has 6 heteroatoms. The van der Waals surface area contributed by atoms with Gasteiger partial charge in [-0.2, -0.15) is 5.10 Å². The average Bonchev–Trinajstić information content (AvgIpc) is 2.79. The van der Waals surface area contributed by atoms with Gasteiger partial charge in [0.1, 0.15) is 0 Å². The number of piperidine rings is 1. The summed E-state index contributed by atoms with van der Waals surface area (Å²) in [5, 5.41) is 13.3. The Morgan fingerprint density at radius 2 is 2.26 bits per heavy atom. The van der Waals surface area contributed by atoms with Gasteiger partial charge in [0.2, 0.25) is 0 Å². The summed E-state index contributed by atoms with van der Waals surface area (Å²) in [5.74, 6) is -1.37. The fourth-order valence-corrected chi connectivity index (χ4v) is 2.51. The van der Waals surface area contributed by atoms with E-state index in [1.54, 1.807) is 22.8 Å². The molecule has 0 spiro atoms. The quantitative estimate of drug-likeness (QED) is 0.881. The number of aryl methyl sites for hydroxylation is 2. The van der Waals surface area contributed by atoms with E-state index in [9.17, 15) is 9.59 Å². The fraction of sp³-hybridized carbons (Fsp3) is 0.615. The highest BCUT2D eigenvalue weighted by Gasteiger charge is 2.30. The van der Waals surface area contributed by atoms with Crippen LogP contribution in [0, 0.1) is 5.92 Å². The van der Waals surface area contributed by atoms with Crippen LogP contribution in [0.1, 0.15) is 35.8 Å². The van der Waals surface area contributed by atoms with Crippen LogP contribution in [0.3, 0.4) is 0 Å². The van der Waals surface area contributed by atoms with Gasteiger partial charge in [-0.05, 0) is 19.3 Å². The number of carbonyl (C=O) groups excluding carboxylic acids is 1. The first-order valence-corrected chi connectivity index (χ1v) is 6.57. The first kappa shape index (κ1) is 13.6. The van der Waals surface area contributed by atoms with Gasteiger partial charge in [-0.3, -0.25) is 14.3 Å². The van der Waals surface area contributed by atoms with Gasteiger partial charge in [0.05, 0.1) is 17.2 Å². The molecule has 6 nitrogen and oxygen atoms in total. The van der Waals surface area contributed by atoms with Crippen molar-refractivity contribution in [3.63, 3.8) is 0 Å². The predicted molar refractivity (Wildman–Crippen MR) is 68.8 cm³/mol. The van der Waals surface area contributed by atoms with Crippen molar-refractivity contribution in [1.82, 2.24) is 14.7 Å². The number of likely N-dealkylation sites (tertiary alicyclic amines) is 1. The Kier molecular flexibility index (Phi) is 3.87. The number of rotatable bonds is 3. The number of carboxylic acid groups (broad SMARTS) is 1. The first-order valence-electron chi connectivity index (χ1n) is 6.57. The van der Waals surface area contributed by atoms with Crippen molar-refractivity contribution in [2.45, 2.75) is 26.2 Å². The van der Waals surface area contributed by atoms with Gasteiger partial charge in [0.15, 0.2) is 0 Å². The highest BCUT2D eigenvalue weighted by molar-refractivity contribution is 5.95. The van der Waals surface area contributed by atoms with Gasteiger partial charge in [-0.15, -0.1) is 0 Å². The van der Waals surface area contributed by atoms with Gasteiger partial charge in [-0.25, -0.2) is 0 Å². The number of carboxylic acids is 1. The molecule has 1 aromatic rings. The second-order valence-corrected chi connectivity index (χ2v) is 4.95. The molecule has 19 heavy (non-hydrogen) atoms. The molecule has 1 aliphatic heterocycles. The summed E-state index contributed by atoms with van der Waals surface area (Å²) in [6.07, 6.45) is 3.79. The van der Waals surface area contributed by atoms with Crippen LogP contribution in [0.15, 0.2) is 6.20 Å². The highest BCUT2D eigenvalue weighted by Crippen LogP contribution is 2.20. The lowest BCUT2D eigenvalue weighted by Crippen LogP contribution is -2.42. The minimum atomic E-state index is -0.820. The third-order valence-corrected chi connectivity index (χ3v) is 3.53. The summed E-state index contributed by atoms with van der Waals surface area (Å²) in [6, 6.07) is 0. The fourth-order valence-electron chi connectivity index (χ4n) is 2.51. The van der Waals surface area contributed by atoms with E-state index in [0.29, 0.717) is 31.5 Å². The van der Waals surface area contributed by atoms with E-state index in [2.05, 4.69) is 5.10 Å². The lowest BCUT2D eigenvalue weighted by Gasteiger charge is -2.30. The molecule has 0 unspecified atom stereocenters. The molecular formula is C13H19N3O3. The Hall–Kier alpha value is -1.85. The predicted octanol–water partition coefficient (Wildman–Crippen LogP) is 0.919. The van der Waals surface area contributed by atoms with Gasteiger partial charge >= 0.3 is 5.97 Å². The van der Waals surface area contributed by atoms with Crippen molar-refractivity contribution in [2.75, 3.05) is 13.1 Å². The van der Waals surface area contributed by atoms with Crippen LogP contribution in [0.25, 0.3) is 0 Å². The molecule has 0 saturated carbocycles. The minimum absolute atomic E-state index is 0.101. The molecule has 0 bridgehead atoms. The molecule has 0 radical (unpaired) electrons. The van der Waals surface area contributed by atoms with Crippen LogP contribution in [-0.4, -0.2) is 44.8 Å². The second-order valence-electron chi connectivity index (χ2n) is 4.95. The van der Waals surface area contributed by atoms with Crippen LogP contribution in [0.4, 0.5) is 0 Å². The van der Waals surface area contributed by atoms with Gasteiger partial charge in [-0.1, -0.05) is 6.92 Å². The first-order chi connectivity index (χ1) is 9.02. The summed E-state index contributed by atoms with van der Waals surface area (Å²) >= 11 is 0. The Balaban J connectivity index is 2.16. The van der Waals surface area contributed by atoms with Crippen molar-refractivity contribution in [1.29, 1.82) is 0 Å². The third-order valence-electron chi connectivity index (χ3n) is 3.53. The van der Waals surface area contributed by atoms with E-state index in [-0.39, 0.29) is 5.91 Å². The zero-order valence-corrected chi connectivity index (χ0v) is 11.3. The largest absolute Gasteiger partial charge is 0.481 e. The van der Waals surface area contributed by atoms with Crippen LogP contribution >= 0.6 is 0 Å². The Morgan fingerprint density at radius 3 is 2.89 bits per heavy atom. The standard InChI is InChI=1S/C13H19N3O3/c1-3-11-10(8-15(2)14-11)12(17)16-6-4-5-9(7-16)13(18)19/h8-9H,3-7H2,1-2H3,(H,18,19)/t9-/m0/s1. The smallest absolute Gasteiger partial charge is 0.308 e. The number of aliphatic carboxylic acids is 1. The lowest BCUT2D eigenvalue weighted by molar-refractivity contribution is -0.143. The maximum absolute atomic E-state index is 12.4. The zero-order valence-electron chi connectivity index (χ0n) is 11.3. The average molecular weight is 265 g/mol. The van der Waals surface area contributed by atoms with Crippen molar-refractivity contribution in [3.05, 3.63) is 17.5 Å². The number of aromatic nitrogens is 2. The molecule has 1 saturated heterocycles. The monoisotopic (exact) mass is 265 g/mol. The number of amides is 1. The minimum Gasteiger partial charge on any atom is -0.481 e. The molecule has 0 aliphatic carbocycles. The normalized spacial score (nSPS) is 19.5. The molecule has 0 aromatic carbocycles. The summed E-state index contributed by atoms with van der Waals surface area (Å²) < 4.78 is 1.63. The topological polar surface area (TPSA) is 75.4 Å². The van der Waals surface area contributed by atoms with Crippen LogP contribution in [0.5, 0.6) is 0 Å². The number of nitrogens with zero attached hydrogens (tertiary/aromatic N) is 3. The Labute approximate surface area is 112 Å². The van der Waals surface area contributed by atoms with Gasteiger partial charge in [0.25, 0.3) is 5.91 Å². The van der Waals surface area contributed by atoms with E-state index in [1.807, 2.05) is 6.92 Å². The van der Waals surface area contributed by atoms with Crippen LogP contribution < -0.4 is 0 Å². The Morgan fingerprint density at radius 1 is 1.53 bits per heavy atom. The lowest BCUT2D eigenvalue weighted by atomic mass is 9.97. The molecule has 2 rings (SSSR count). The van der Waals surface area contributed by atoms with E-state index < -0.39 is 11.9 Å². The maximum atomic E-state index is 12.4. The molecular weight excluding hydrogens is 246 g/mol. The van der Waals surface area contributed by atoms with Crippen molar-refractivity contribution in [3.8, 4) is 0 Å². The molecule has 1 fully saturated rings. The maximum Gasteiger partial charge on any atom is 0.308 e. The summed E-state index contributed by atoms with van der Waals surface area (Å²) in [7, 11) is 1.78. The Bertz CT molecular complexity index is 495. The van der Waals surface area contributed by atoms with E-state index in [1.165, 1.54) is 0 Å². The van der Waals surface area contributed by atoms with Gasteiger partial charge in [0, 0.05) is 26.3 Å². The molecule has 2 heterocycles. The number of carbonyl (C=O) groups is 2. The highest BCUT2D eigenvalue weighted by atomic mass is 16.4. The van der Waals surface area contributed by atoms with Crippen LogP contribution in [0.2, 0.25) is 0 Å². The van der Waals surface area contributed by atoms with E-state index in [0.717, 1.165) is 12.1 Å². The van der Waals surface area contributed by atoms with Gasteiger partial charge < -0.3 is 10.0 Å². The molecule has 1 atom stereocenters. The van der Waals surface area contributed by atoms with E-state index in [4.69, 9.17) is 5.11 Å². The zero-order chi connectivity index (χ0) is 14.0. The third kappa shape index (κ3) is 2.77. The van der Waals surface area contributed by atoms with E-state index >= 15 is 0 Å². The van der Waals surface area contributed by atoms with Crippen molar-refractivity contribution in [2.24, 2.45) is 13.0 Å². The molecule has 1 aromatic heterocycles. The molecule has 1 amide bonds. The summed E-state index contributed by atoms with van der Waals surface area (Å²) in [6.45, 7) is 2.88. The second kappa shape index (κ2) is 5.42.